The quantitative estimate of drug-likeness (QED) is 0.910. The minimum absolute atomic E-state index is 0.0210. The first-order valence-corrected chi connectivity index (χ1v) is 6.32. The lowest BCUT2D eigenvalue weighted by molar-refractivity contribution is 0.151. The molecule has 1 N–H and O–H groups in total. The van der Waals surface area contributed by atoms with Crippen LogP contribution in [0.1, 0.15) is 35.6 Å². The van der Waals surface area contributed by atoms with Crippen molar-refractivity contribution in [2.75, 3.05) is 0 Å². The van der Waals surface area contributed by atoms with Crippen LogP contribution in [-0.2, 0) is 0 Å². The Morgan fingerprint density at radius 2 is 1.83 bits per heavy atom. The fraction of sp³-hybridized carbons (Fsp3) is 0.267. The molecule has 2 unspecified atom stereocenters. The number of benzene rings is 1. The summed E-state index contributed by atoms with van der Waals surface area (Å²) in [6, 6.07) is 9.56. The van der Waals surface area contributed by atoms with E-state index in [9.17, 15) is 5.11 Å². The molecular formula is C15H16ClNO. The number of aromatic nitrogens is 1. The maximum atomic E-state index is 10.4. The Balaban J connectivity index is 2.31. The molecule has 2 rings (SSSR count). The smallest absolute Gasteiger partial charge is 0.0870 e. The van der Waals surface area contributed by atoms with Crippen LogP contribution in [0.25, 0.3) is 0 Å². The molecule has 2 nitrogen and oxygen atoms in total. The van der Waals surface area contributed by atoms with Crippen molar-refractivity contribution in [2.24, 2.45) is 0 Å². The van der Waals surface area contributed by atoms with Crippen molar-refractivity contribution in [3.8, 4) is 0 Å². The van der Waals surface area contributed by atoms with Gasteiger partial charge in [0.1, 0.15) is 0 Å². The largest absolute Gasteiger partial charge is 0.388 e. The predicted molar refractivity (Wildman–Crippen MR) is 73.8 cm³/mol. The minimum Gasteiger partial charge on any atom is -0.388 e. The fourth-order valence-electron chi connectivity index (χ4n) is 2.02. The highest BCUT2D eigenvalue weighted by atomic mass is 35.5. The molecule has 0 saturated carbocycles. The van der Waals surface area contributed by atoms with Gasteiger partial charge in [0.15, 0.2) is 0 Å². The summed E-state index contributed by atoms with van der Waals surface area (Å²) in [5.74, 6) is -0.0210. The molecule has 3 heteroatoms. The van der Waals surface area contributed by atoms with Crippen molar-refractivity contribution in [1.29, 1.82) is 0 Å². The van der Waals surface area contributed by atoms with Gasteiger partial charge in [-0.25, -0.2) is 0 Å². The first-order valence-electron chi connectivity index (χ1n) is 5.94. The van der Waals surface area contributed by atoms with Crippen molar-refractivity contribution in [2.45, 2.75) is 25.9 Å². The van der Waals surface area contributed by atoms with Crippen LogP contribution >= 0.6 is 11.6 Å². The van der Waals surface area contributed by atoms with Gasteiger partial charge in [-0.15, -0.1) is 0 Å². The number of aryl methyl sites for hydroxylation is 1. The molecule has 0 aliphatic carbocycles. The van der Waals surface area contributed by atoms with Crippen LogP contribution in [0.5, 0.6) is 0 Å². The third-order valence-corrected chi connectivity index (χ3v) is 3.76. The van der Waals surface area contributed by atoms with Gasteiger partial charge in [0.25, 0.3) is 0 Å². The Kier molecular flexibility index (Phi) is 4.00. The van der Waals surface area contributed by atoms with Crippen molar-refractivity contribution in [1.82, 2.24) is 4.98 Å². The number of hydrogen-bond acceptors (Lipinski definition) is 2. The first-order chi connectivity index (χ1) is 8.61. The monoisotopic (exact) mass is 261 g/mol. The topological polar surface area (TPSA) is 33.1 Å². The summed E-state index contributed by atoms with van der Waals surface area (Å²) in [6.07, 6.45) is 2.85. The van der Waals surface area contributed by atoms with Gasteiger partial charge < -0.3 is 5.11 Å². The molecule has 0 spiro atoms. The predicted octanol–water partition coefficient (Wildman–Crippen LogP) is 3.88. The van der Waals surface area contributed by atoms with Gasteiger partial charge in [-0.2, -0.15) is 0 Å². The van der Waals surface area contributed by atoms with E-state index in [1.807, 2.05) is 44.2 Å². The number of aliphatic hydroxyl groups is 1. The van der Waals surface area contributed by atoms with E-state index in [0.717, 1.165) is 16.7 Å². The molecule has 0 radical (unpaired) electrons. The van der Waals surface area contributed by atoms with Gasteiger partial charge in [0, 0.05) is 23.3 Å². The standard InChI is InChI=1S/C15H16ClNO/c1-10-4-3-5-13(14(10)16)15(18)11(2)12-6-8-17-9-7-12/h3-9,11,15,18H,1-2H3. The van der Waals surface area contributed by atoms with Crippen LogP contribution in [-0.4, -0.2) is 10.1 Å². The zero-order valence-electron chi connectivity index (χ0n) is 10.5. The van der Waals surface area contributed by atoms with Gasteiger partial charge in [0.2, 0.25) is 0 Å². The Hall–Kier alpha value is -1.38. The fourth-order valence-corrected chi connectivity index (χ4v) is 2.25. The third-order valence-electron chi connectivity index (χ3n) is 3.25. The van der Waals surface area contributed by atoms with Gasteiger partial charge in [-0.1, -0.05) is 36.7 Å². The SMILES string of the molecule is Cc1cccc(C(O)C(C)c2ccncc2)c1Cl. The summed E-state index contributed by atoms with van der Waals surface area (Å²) in [7, 11) is 0. The highest BCUT2D eigenvalue weighted by Crippen LogP contribution is 2.35. The van der Waals surface area contributed by atoms with Crippen LogP contribution in [0.2, 0.25) is 5.02 Å². The van der Waals surface area contributed by atoms with Gasteiger partial charge in [-0.05, 0) is 35.7 Å². The molecule has 0 saturated heterocycles. The van der Waals surface area contributed by atoms with Gasteiger partial charge in [-0.3, -0.25) is 4.98 Å². The molecule has 0 amide bonds. The molecule has 2 aromatic rings. The number of nitrogens with zero attached hydrogens (tertiary/aromatic N) is 1. The zero-order valence-corrected chi connectivity index (χ0v) is 11.2. The third kappa shape index (κ3) is 2.55. The Morgan fingerprint density at radius 1 is 1.17 bits per heavy atom. The van der Waals surface area contributed by atoms with Gasteiger partial charge >= 0.3 is 0 Å². The molecule has 0 aliphatic rings. The molecule has 1 aromatic carbocycles. The lowest BCUT2D eigenvalue weighted by Crippen LogP contribution is -2.08. The van der Waals surface area contributed by atoms with Crippen LogP contribution in [0.4, 0.5) is 0 Å². The number of rotatable bonds is 3. The summed E-state index contributed by atoms with van der Waals surface area (Å²) in [6.45, 7) is 3.92. The Bertz CT molecular complexity index is 527. The molecule has 1 heterocycles. The molecule has 0 fully saturated rings. The molecule has 18 heavy (non-hydrogen) atoms. The second-order valence-corrected chi connectivity index (χ2v) is 4.87. The van der Waals surface area contributed by atoms with Gasteiger partial charge in [0.05, 0.1) is 6.10 Å². The number of pyridine rings is 1. The van der Waals surface area contributed by atoms with Crippen molar-refractivity contribution in [3.05, 3.63) is 64.4 Å². The van der Waals surface area contributed by atoms with E-state index >= 15 is 0 Å². The first kappa shape index (κ1) is 13.1. The maximum absolute atomic E-state index is 10.4. The molecule has 0 bridgehead atoms. The summed E-state index contributed by atoms with van der Waals surface area (Å²) in [5, 5.41) is 11.1. The van der Waals surface area contributed by atoms with E-state index in [4.69, 9.17) is 11.6 Å². The molecular weight excluding hydrogens is 246 g/mol. The number of halogens is 1. The average molecular weight is 262 g/mol. The Morgan fingerprint density at radius 3 is 2.50 bits per heavy atom. The van der Waals surface area contributed by atoms with E-state index in [1.165, 1.54) is 0 Å². The van der Waals surface area contributed by atoms with E-state index in [1.54, 1.807) is 12.4 Å². The van der Waals surface area contributed by atoms with Crippen molar-refractivity contribution < 1.29 is 5.11 Å². The van der Waals surface area contributed by atoms with E-state index in [2.05, 4.69) is 4.98 Å². The normalized spacial score (nSPS) is 14.2. The molecule has 1 aromatic heterocycles. The Labute approximate surface area is 112 Å². The number of hydrogen-bond donors (Lipinski definition) is 1. The van der Waals surface area contributed by atoms with Crippen molar-refractivity contribution >= 4 is 11.6 Å². The molecule has 2 atom stereocenters. The molecule has 0 aliphatic heterocycles. The van der Waals surface area contributed by atoms with Crippen LogP contribution in [0, 0.1) is 6.92 Å². The maximum Gasteiger partial charge on any atom is 0.0870 e. The highest BCUT2D eigenvalue weighted by Gasteiger charge is 2.20. The van der Waals surface area contributed by atoms with Crippen LogP contribution in [0.3, 0.4) is 0 Å². The average Bonchev–Trinajstić information content (AvgIpc) is 2.41. The van der Waals surface area contributed by atoms with Crippen LogP contribution in [0.15, 0.2) is 42.7 Å². The lowest BCUT2D eigenvalue weighted by atomic mass is 9.91. The molecule has 94 valence electrons. The van der Waals surface area contributed by atoms with E-state index in [-0.39, 0.29) is 5.92 Å². The highest BCUT2D eigenvalue weighted by molar-refractivity contribution is 6.32. The van der Waals surface area contributed by atoms with E-state index in [0.29, 0.717) is 5.02 Å². The van der Waals surface area contributed by atoms with E-state index < -0.39 is 6.10 Å². The van der Waals surface area contributed by atoms with Crippen molar-refractivity contribution in [3.63, 3.8) is 0 Å². The zero-order chi connectivity index (χ0) is 13.1. The second-order valence-electron chi connectivity index (χ2n) is 4.49. The second kappa shape index (κ2) is 5.51. The minimum atomic E-state index is -0.611. The lowest BCUT2D eigenvalue weighted by Gasteiger charge is -2.21. The summed E-state index contributed by atoms with van der Waals surface area (Å²) >= 11 is 6.25. The summed E-state index contributed by atoms with van der Waals surface area (Å²) in [5.41, 5.74) is 2.81. The number of aliphatic hydroxyl groups excluding tert-OH is 1. The summed E-state index contributed by atoms with van der Waals surface area (Å²) in [4.78, 5) is 3.98. The van der Waals surface area contributed by atoms with Crippen LogP contribution < -0.4 is 0 Å². The summed E-state index contributed by atoms with van der Waals surface area (Å²) < 4.78 is 0.